The monoisotopic (exact) mass is 399 g/mol. The molecule has 0 aliphatic heterocycles. The number of ether oxygens (including phenoxy) is 1. The van der Waals surface area contributed by atoms with Gasteiger partial charge in [-0.1, -0.05) is 48.7 Å². The number of nitrogens with one attached hydrogen (secondary N) is 1. The van der Waals surface area contributed by atoms with Crippen molar-refractivity contribution in [3.05, 3.63) is 62.6 Å². The summed E-state index contributed by atoms with van der Waals surface area (Å²) in [6.07, 6.45) is 0. The summed E-state index contributed by atoms with van der Waals surface area (Å²) in [5, 5.41) is 3.18. The molecular weight excluding hydrogens is 385 g/mol. The Balaban J connectivity index is 2.10. The topological polar surface area (TPSA) is 55.4 Å². The van der Waals surface area contributed by atoms with E-state index in [9.17, 15) is 9.59 Å². The van der Waals surface area contributed by atoms with Crippen LogP contribution in [0.1, 0.15) is 34.6 Å². The van der Waals surface area contributed by atoms with E-state index in [4.69, 9.17) is 39.5 Å². The molecule has 0 atom stereocenters. The average Bonchev–Trinajstić information content (AvgIpc) is 2.57. The van der Waals surface area contributed by atoms with Crippen LogP contribution in [0.5, 0.6) is 0 Å². The van der Waals surface area contributed by atoms with Crippen molar-refractivity contribution in [3.63, 3.8) is 0 Å². The van der Waals surface area contributed by atoms with Gasteiger partial charge >= 0.3 is 5.97 Å². The molecule has 2 rings (SSSR count). The van der Waals surface area contributed by atoms with Crippen LogP contribution in [-0.4, -0.2) is 18.5 Å². The lowest BCUT2D eigenvalue weighted by Gasteiger charge is -2.10. The molecule has 0 saturated heterocycles. The van der Waals surface area contributed by atoms with Crippen molar-refractivity contribution in [2.24, 2.45) is 5.92 Å². The third-order valence-electron chi connectivity index (χ3n) is 3.20. The van der Waals surface area contributed by atoms with Crippen molar-refractivity contribution in [1.82, 2.24) is 0 Å². The summed E-state index contributed by atoms with van der Waals surface area (Å²) in [6.45, 7) is 4.26. The maximum Gasteiger partial charge on any atom is 0.338 e. The highest BCUT2D eigenvalue weighted by molar-refractivity contribution is 6.46. The minimum atomic E-state index is -0.493. The second-order valence-electron chi connectivity index (χ2n) is 5.74. The van der Waals surface area contributed by atoms with Crippen molar-refractivity contribution in [2.75, 3.05) is 11.9 Å². The maximum absolute atomic E-state index is 12.4. The molecule has 1 amide bonds. The number of carbonyl (C=O) groups excluding carboxylic acids is 2. The number of halogens is 3. The van der Waals surface area contributed by atoms with Gasteiger partial charge in [0.1, 0.15) is 0 Å². The van der Waals surface area contributed by atoms with Crippen molar-refractivity contribution < 1.29 is 14.3 Å². The van der Waals surface area contributed by atoms with Gasteiger partial charge in [0.25, 0.3) is 5.91 Å². The van der Waals surface area contributed by atoms with Crippen LogP contribution in [-0.2, 0) is 4.74 Å². The van der Waals surface area contributed by atoms with Gasteiger partial charge in [0.2, 0.25) is 0 Å². The Hall–Kier alpha value is -1.75. The smallest absolute Gasteiger partial charge is 0.338 e. The third-order valence-corrected chi connectivity index (χ3v) is 4.32. The van der Waals surface area contributed by atoms with Crippen LogP contribution < -0.4 is 5.32 Å². The first-order chi connectivity index (χ1) is 11.8. The van der Waals surface area contributed by atoms with Crippen LogP contribution in [0.2, 0.25) is 15.1 Å². The normalized spacial score (nSPS) is 10.6. The van der Waals surface area contributed by atoms with Gasteiger partial charge in [0.15, 0.2) is 0 Å². The van der Waals surface area contributed by atoms with Crippen LogP contribution in [0.3, 0.4) is 0 Å². The molecule has 2 aromatic rings. The third kappa shape index (κ3) is 5.11. The van der Waals surface area contributed by atoms with E-state index in [1.54, 1.807) is 24.3 Å². The predicted molar refractivity (Wildman–Crippen MR) is 101 cm³/mol. The Bertz CT molecular complexity index is 789. The number of rotatable bonds is 5. The first-order valence-electron chi connectivity index (χ1n) is 7.51. The van der Waals surface area contributed by atoms with Gasteiger partial charge in [-0.05, 0) is 42.3 Å². The molecule has 0 unspecified atom stereocenters. The first-order valence-corrected chi connectivity index (χ1v) is 8.65. The van der Waals surface area contributed by atoms with Gasteiger partial charge in [-0.2, -0.15) is 0 Å². The van der Waals surface area contributed by atoms with Crippen LogP contribution in [0.25, 0.3) is 0 Å². The van der Waals surface area contributed by atoms with E-state index >= 15 is 0 Å². The number of benzene rings is 2. The maximum atomic E-state index is 12.4. The van der Waals surface area contributed by atoms with Crippen LogP contribution in [0.15, 0.2) is 36.4 Å². The summed E-state index contributed by atoms with van der Waals surface area (Å²) in [5.41, 5.74) is 0.978. The predicted octanol–water partition coefficient (Wildman–Crippen LogP) is 5.71. The lowest BCUT2D eigenvalue weighted by atomic mass is 10.1. The van der Waals surface area contributed by atoms with Gasteiger partial charge < -0.3 is 10.1 Å². The Morgan fingerprint density at radius 3 is 2.20 bits per heavy atom. The molecule has 0 spiro atoms. The second kappa shape index (κ2) is 8.56. The Morgan fingerprint density at radius 1 is 1.00 bits per heavy atom. The summed E-state index contributed by atoms with van der Waals surface area (Å²) in [4.78, 5) is 24.2. The molecule has 2 aromatic carbocycles. The molecule has 4 nitrogen and oxygen atoms in total. The zero-order valence-electron chi connectivity index (χ0n) is 13.6. The molecule has 0 aromatic heterocycles. The van der Waals surface area contributed by atoms with E-state index in [0.29, 0.717) is 17.9 Å². The molecule has 0 bridgehead atoms. The van der Waals surface area contributed by atoms with Crippen molar-refractivity contribution in [2.45, 2.75) is 13.8 Å². The molecule has 0 fully saturated rings. The molecule has 0 aliphatic carbocycles. The minimum Gasteiger partial charge on any atom is -0.462 e. The standard InChI is InChI=1S/C18H16Cl3NO3/c1-10(2)9-25-18(24)11-3-5-12(6-4-11)22-17(23)15-13(19)7-8-14(20)16(15)21/h3-8,10H,9H2,1-2H3,(H,22,23). The van der Waals surface area contributed by atoms with Gasteiger partial charge in [0.05, 0.1) is 32.8 Å². The highest BCUT2D eigenvalue weighted by atomic mass is 35.5. The summed E-state index contributed by atoms with van der Waals surface area (Å²) in [7, 11) is 0. The number of esters is 1. The first kappa shape index (κ1) is 19.6. The molecule has 7 heteroatoms. The summed E-state index contributed by atoms with van der Waals surface area (Å²) >= 11 is 18.0. The van der Waals surface area contributed by atoms with E-state index in [0.717, 1.165) is 0 Å². The van der Waals surface area contributed by atoms with Crippen LogP contribution >= 0.6 is 34.8 Å². The number of hydrogen-bond donors (Lipinski definition) is 1. The largest absolute Gasteiger partial charge is 0.462 e. The minimum absolute atomic E-state index is 0.0838. The molecule has 0 saturated carbocycles. The van der Waals surface area contributed by atoms with Crippen LogP contribution in [0.4, 0.5) is 5.69 Å². The van der Waals surface area contributed by atoms with Crippen molar-refractivity contribution >= 4 is 52.4 Å². The summed E-state index contributed by atoms with van der Waals surface area (Å²) in [6, 6.07) is 9.34. The number of carbonyl (C=O) groups is 2. The molecular formula is C18H16Cl3NO3. The van der Waals surface area contributed by atoms with Crippen molar-refractivity contribution in [3.8, 4) is 0 Å². The van der Waals surface area contributed by atoms with Crippen molar-refractivity contribution in [1.29, 1.82) is 0 Å². The van der Waals surface area contributed by atoms with E-state index in [1.807, 2.05) is 13.8 Å². The van der Waals surface area contributed by atoms with E-state index in [1.165, 1.54) is 12.1 Å². The average molecular weight is 401 g/mol. The Morgan fingerprint density at radius 2 is 1.60 bits per heavy atom. The van der Waals surface area contributed by atoms with Gasteiger partial charge in [-0.3, -0.25) is 4.79 Å². The summed E-state index contributed by atoms with van der Waals surface area (Å²) in [5.74, 6) is -0.644. The van der Waals surface area contributed by atoms with E-state index < -0.39 is 11.9 Å². The Kier molecular flexibility index (Phi) is 6.71. The highest BCUT2D eigenvalue weighted by Crippen LogP contribution is 2.32. The number of hydrogen-bond acceptors (Lipinski definition) is 3. The lowest BCUT2D eigenvalue weighted by molar-refractivity contribution is 0.0459. The number of anilines is 1. The highest BCUT2D eigenvalue weighted by Gasteiger charge is 2.17. The zero-order valence-corrected chi connectivity index (χ0v) is 15.9. The van der Waals surface area contributed by atoms with E-state index in [-0.39, 0.29) is 26.5 Å². The summed E-state index contributed by atoms with van der Waals surface area (Å²) < 4.78 is 5.15. The fraction of sp³-hybridized carbons (Fsp3) is 0.222. The SMILES string of the molecule is CC(C)COC(=O)c1ccc(NC(=O)c2c(Cl)ccc(Cl)c2Cl)cc1. The molecule has 0 radical (unpaired) electrons. The quantitative estimate of drug-likeness (QED) is 0.516. The molecule has 25 heavy (non-hydrogen) atoms. The van der Waals surface area contributed by atoms with Gasteiger partial charge in [-0.25, -0.2) is 4.79 Å². The second-order valence-corrected chi connectivity index (χ2v) is 6.93. The molecule has 0 aliphatic rings. The zero-order chi connectivity index (χ0) is 18.6. The fourth-order valence-corrected chi connectivity index (χ4v) is 2.64. The van der Waals surface area contributed by atoms with Gasteiger partial charge in [0, 0.05) is 5.69 Å². The lowest BCUT2D eigenvalue weighted by Crippen LogP contribution is -2.14. The van der Waals surface area contributed by atoms with Crippen LogP contribution in [0, 0.1) is 5.92 Å². The Labute approximate surface area is 161 Å². The van der Waals surface area contributed by atoms with Gasteiger partial charge in [-0.15, -0.1) is 0 Å². The number of amides is 1. The molecule has 0 heterocycles. The molecule has 132 valence electrons. The van der Waals surface area contributed by atoms with E-state index in [2.05, 4.69) is 5.32 Å². The molecule has 1 N–H and O–H groups in total. The fourth-order valence-electron chi connectivity index (χ4n) is 1.94.